The third-order valence-corrected chi connectivity index (χ3v) is 5.18. The number of carbonyl (C=O) groups is 1. The predicted molar refractivity (Wildman–Crippen MR) is 85.8 cm³/mol. The fourth-order valence-corrected chi connectivity index (χ4v) is 3.45. The molecule has 0 saturated heterocycles. The van der Waals surface area contributed by atoms with Crippen LogP contribution in [-0.4, -0.2) is 52.3 Å². The van der Waals surface area contributed by atoms with E-state index in [0.717, 1.165) is 0 Å². The molecule has 0 spiro atoms. The molecule has 1 unspecified atom stereocenters. The van der Waals surface area contributed by atoms with Crippen LogP contribution in [0.1, 0.15) is 41.0 Å². The first kappa shape index (κ1) is 20.3. The van der Waals surface area contributed by atoms with Gasteiger partial charge in [0.1, 0.15) is 0 Å². The Morgan fingerprint density at radius 3 is 2.30 bits per heavy atom. The second kappa shape index (κ2) is 11.9. The highest BCUT2D eigenvalue weighted by Gasteiger charge is 2.23. The summed E-state index contributed by atoms with van der Waals surface area (Å²) in [6.45, 7) is 11.3. The van der Waals surface area contributed by atoms with Crippen LogP contribution in [0.15, 0.2) is 0 Å². The van der Waals surface area contributed by atoms with Gasteiger partial charge in [-0.2, -0.15) is 0 Å². The van der Waals surface area contributed by atoms with Gasteiger partial charge in [-0.15, -0.1) is 0 Å². The molecule has 0 bridgehead atoms. The lowest BCUT2D eigenvalue weighted by Gasteiger charge is -2.32. The molecule has 1 atom stereocenters. The second-order valence-electron chi connectivity index (χ2n) is 4.84. The van der Waals surface area contributed by atoms with E-state index in [2.05, 4.69) is 0 Å². The van der Waals surface area contributed by atoms with Crippen molar-refractivity contribution in [1.29, 1.82) is 0 Å². The van der Waals surface area contributed by atoms with Crippen molar-refractivity contribution in [3.63, 3.8) is 0 Å². The van der Waals surface area contributed by atoms with Gasteiger partial charge in [0.25, 0.3) is 8.53 Å². The minimum Gasteiger partial charge on any atom is -0.378 e. The molecule has 0 aromatic carbocycles. The van der Waals surface area contributed by atoms with Gasteiger partial charge in [-0.25, -0.2) is 4.67 Å². The predicted octanol–water partition coefficient (Wildman–Crippen LogP) is 3.03. The van der Waals surface area contributed by atoms with E-state index in [1.165, 1.54) is 11.8 Å². The van der Waals surface area contributed by atoms with Crippen molar-refractivity contribution < 1.29 is 18.9 Å². The Labute approximate surface area is 128 Å². The average Bonchev–Trinajstić information content (AvgIpc) is 2.36. The van der Waals surface area contributed by atoms with Crippen LogP contribution in [0.3, 0.4) is 0 Å². The summed E-state index contributed by atoms with van der Waals surface area (Å²) in [6, 6.07) is 0.479. The molecule has 5 nitrogen and oxygen atoms in total. The fourth-order valence-electron chi connectivity index (χ4n) is 1.65. The molecule has 120 valence electrons. The first-order valence-electron chi connectivity index (χ1n) is 7.03. The SMILES string of the molecule is CCC(=O)SCCOCCOP(O)N(C(C)C)C(C)C. The first-order chi connectivity index (χ1) is 9.40. The molecule has 0 saturated carbocycles. The van der Waals surface area contributed by atoms with Crippen LogP contribution in [0.2, 0.25) is 0 Å². The Kier molecular flexibility index (Phi) is 12.1. The van der Waals surface area contributed by atoms with E-state index in [0.29, 0.717) is 32.0 Å². The monoisotopic (exact) mass is 325 g/mol. The van der Waals surface area contributed by atoms with Crippen molar-refractivity contribution in [3.8, 4) is 0 Å². The minimum absolute atomic E-state index is 0.188. The van der Waals surface area contributed by atoms with Gasteiger partial charge in [0.15, 0.2) is 5.12 Å². The van der Waals surface area contributed by atoms with E-state index < -0.39 is 8.53 Å². The second-order valence-corrected chi connectivity index (χ2v) is 7.22. The van der Waals surface area contributed by atoms with Gasteiger partial charge < -0.3 is 14.2 Å². The van der Waals surface area contributed by atoms with Gasteiger partial charge in [0.05, 0.1) is 19.8 Å². The molecule has 0 aromatic rings. The zero-order valence-electron chi connectivity index (χ0n) is 13.2. The minimum atomic E-state index is -1.57. The molecular formula is C13H28NO4PS. The molecule has 7 heteroatoms. The van der Waals surface area contributed by atoms with Crippen molar-refractivity contribution >= 4 is 25.4 Å². The summed E-state index contributed by atoms with van der Waals surface area (Å²) in [7, 11) is -1.57. The summed E-state index contributed by atoms with van der Waals surface area (Å²) in [4.78, 5) is 21.1. The third-order valence-electron chi connectivity index (χ3n) is 2.47. The Bertz CT molecular complexity index is 259. The number of hydrogen-bond donors (Lipinski definition) is 1. The lowest BCUT2D eigenvalue weighted by atomic mass is 10.3. The maximum Gasteiger partial charge on any atom is 0.256 e. The Balaban J connectivity index is 3.66. The maximum absolute atomic E-state index is 11.0. The van der Waals surface area contributed by atoms with Gasteiger partial charge >= 0.3 is 0 Å². The smallest absolute Gasteiger partial charge is 0.256 e. The standard InChI is InChI=1S/C13H28NO4PS/c1-6-13(15)20-10-9-17-7-8-18-19(16)14(11(2)3)12(4)5/h11-12,16H,6-10H2,1-5H3. The summed E-state index contributed by atoms with van der Waals surface area (Å²) in [5.41, 5.74) is 0. The number of thioether (sulfide) groups is 1. The number of hydrogen-bond acceptors (Lipinski definition) is 6. The number of rotatable bonds is 11. The molecule has 1 N–H and O–H groups in total. The molecule has 0 rings (SSSR count). The van der Waals surface area contributed by atoms with Gasteiger partial charge in [0.2, 0.25) is 0 Å². The average molecular weight is 325 g/mol. The number of nitrogens with zero attached hydrogens (tertiary/aromatic N) is 1. The van der Waals surface area contributed by atoms with E-state index in [1.807, 2.05) is 39.3 Å². The highest BCUT2D eigenvalue weighted by Crippen LogP contribution is 2.40. The molecule has 0 fully saturated rings. The van der Waals surface area contributed by atoms with Crippen LogP contribution in [0.5, 0.6) is 0 Å². The number of ether oxygens (including phenoxy) is 1. The van der Waals surface area contributed by atoms with E-state index in [1.54, 1.807) is 0 Å². The van der Waals surface area contributed by atoms with Crippen LogP contribution in [0, 0.1) is 0 Å². The van der Waals surface area contributed by atoms with Crippen LogP contribution in [0.25, 0.3) is 0 Å². The zero-order chi connectivity index (χ0) is 15.5. The zero-order valence-corrected chi connectivity index (χ0v) is 14.9. The molecule has 20 heavy (non-hydrogen) atoms. The van der Waals surface area contributed by atoms with Crippen molar-refractivity contribution in [2.75, 3.05) is 25.6 Å². The fraction of sp³-hybridized carbons (Fsp3) is 0.923. The summed E-state index contributed by atoms with van der Waals surface area (Å²) in [5.74, 6) is 0.671. The lowest BCUT2D eigenvalue weighted by Crippen LogP contribution is -2.33. The van der Waals surface area contributed by atoms with Crippen LogP contribution >= 0.6 is 20.3 Å². The van der Waals surface area contributed by atoms with Crippen molar-refractivity contribution in [2.45, 2.75) is 53.1 Å². The van der Waals surface area contributed by atoms with E-state index in [4.69, 9.17) is 9.26 Å². The highest BCUT2D eigenvalue weighted by atomic mass is 32.2. The van der Waals surface area contributed by atoms with E-state index in [-0.39, 0.29) is 17.2 Å². The quantitative estimate of drug-likeness (QED) is 0.465. The van der Waals surface area contributed by atoms with Gasteiger partial charge in [-0.3, -0.25) is 4.79 Å². The largest absolute Gasteiger partial charge is 0.378 e. The molecule has 0 aliphatic heterocycles. The Morgan fingerprint density at radius 1 is 1.20 bits per heavy atom. The summed E-state index contributed by atoms with van der Waals surface area (Å²) < 4.78 is 12.7. The highest BCUT2D eigenvalue weighted by molar-refractivity contribution is 8.13. The molecule has 0 heterocycles. The molecule has 0 amide bonds. The molecular weight excluding hydrogens is 297 g/mol. The van der Waals surface area contributed by atoms with E-state index >= 15 is 0 Å². The molecule has 0 aromatic heterocycles. The van der Waals surface area contributed by atoms with Crippen molar-refractivity contribution in [3.05, 3.63) is 0 Å². The van der Waals surface area contributed by atoms with Crippen molar-refractivity contribution in [1.82, 2.24) is 4.67 Å². The van der Waals surface area contributed by atoms with Crippen LogP contribution < -0.4 is 0 Å². The maximum atomic E-state index is 11.0. The van der Waals surface area contributed by atoms with Crippen LogP contribution in [-0.2, 0) is 14.1 Å². The van der Waals surface area contributed by atoms with Gasteiger partial charge in [-0.1, -0.05) is 18.7 Å². The Hall–Kier alpha value is 0.290. The van der Waals surface area contributed by atoms with Crippen molar-refractivity contribution in [2.24, 2.45) is 0 Å². The Morgan fingerprint density at radius 2 is 1.80 bits per heavy atom. The summed E-state index contributed by atoms with van der Waals surface area (Å²) in [5, 5.41) is 0.188. The van der Waals surface area contributed by atoms with E-state index in [9.17, 15) is 9.69 Å². The topological polar surface area (TPSA) is 59.0 Å². The van der Waals surface area contributed by atoms with Gasteiger partial charge in [0, 0.05) is 24.3 Å². The molecule has 0 aliphatic rings. The summed E-state index contributed by atoms with van der Waals surface area (Å²) >= 11 is 1.30. The third kappa shape index (κ3) is 9.27. The lowest BCUT2D eigenvalue weighted by molar-refractivity contribution is -0.110. The normalized spacial score (nSPS) is 13.4. The summed E-state index contributed by atoms with van der Waals surface area (Å²) in [6.07, 6.45) is 0.558. The molecule has 0 aliphatic carbocycles. The first-order valence-corrected chi connectivity index (χ1v) is 9.18. The van der Waals surface area contributed by atoms with Crippen LogP contribution in [0.4, 0.5) is 0 Å². The number of carbonyl (C=O) groups excluding carboxylic acids is 1. The van der Waals surface area contributed by atoms with Gasteiger partial charge in [-0.05, 0) is 27.7 Å². The molecule has 0 radical (unpaired) electrons.